The lowest BCUT2D eigenvalue weighted by atomic mass is 10.0. The van der Waals surface area contributed by atoms with E-state index in [2.05, 4.69) is 14.7 Å². The van der Waals surface area contributed by atoms with Gasteiger partial charge in [0.25, 0.3) is 0 Å². The number of methoxy groups -OCH3 is 1. The van der Waals surface area contributed by atoms with Crippen molar-refractivity contribution in [2.45, 2.75) is 19.0 Å². The number of nitrogens with zero attached hydrogens (tertiary/aromatic N) is 2. The molecule has 27 heavy (non-hydrogen) atoms. The number of aryl methyl sites for hydroxylation is 1. The molecule has 0 atom stereocenters. The molecule has 0 aliphatic heterocycles. The minimum Gasteiger partial charge on any atom is -0.497 e. The fourth-order valence-corrected chi connectivity index (χ4v) is 2.46. The van der Waals surface area contributed by atoms with E-state index in [1.165, 1.54) is 24.3 Å². The van der Waals surface area contributed by atoms with Gasteiger partial charge in [-0.1, -0.05) is 41.6 Å². The standard InChI is InChI=1S/C19H15F3N2O3/c1-26-15-9-2-12(3-10-15)4-11-16(25)13-5-7-14(8-6-13)17-23-18(27-24-17)19(20,21)22/h2-3,5-10H,4,11H2,1H3. The Kier molecular flexibility index (Phi) is 5.25. The van der Waals surface area contributed by atoms with Crippen molar-refractivity contribution in [1.29, 1.82) is 0 Å². The van der Waals surface area contributed by atoms with Gasteiger partial charge in [0, 0.05) is 17.5 Å². The molecule has 0 aliphatic rings. The number of alkyl halides is 3. The predicted molar refractivity (Wildman–Crippen MR) is 90.4 cm³/mol. The van der Waals surface area contributed by atoms with Crippen LogP contribution in [0.1, 0.15) is 28.2 Å². The summed E-state index contributed by atoms with van der Waals surface area (Å²) in [6.07, 6.45) is -3.81. The van der Waals surface area contributed by atoms with Gasteiger partial charge < -0.3 is 9.26 Å². The monoisotopic (exact) mass is 376 g/mol. The number of benzene rings is 2. The van der Waals surface area contributed by atoms with Crippen LogP contribution in [0.4, 0.5) is 13.2 Å². The Hall–Kier alpha value is -3.16. The molecule has 0 unspecified atom stereocenters. The van der Waals surface area contributed by atoms with Crippen LogP contribution in [0, 0.1) is 0 Å². The van der Waals surface area contributed by atoms with Crippen molar-refractivity contribution in [2.75, 3.05) is 7.11 Å². The third kappa shape index (κ3) is 4.52. The van der Waals surface area contributed by atoms with E-state index in [9.17, 15) is 18.0 Å². The average molecular weight is 376 g/mol. The van der Waals surface area contributed by atoms with Gasteiger partial charge in [-0.05, 0) is 24.1 Å². The normalized spacial score (nSPS) is 11.4. The molecule has 140 valence electrons. The third-order valence-corrected chi connectivity index (χ3v) is 3.93. The number of halogens is 3. The number of aromatic nitrogens is 2. The lowest BCUT2D eigenvalue weighted by molar-refractivity contribution is -0.159. The topological polar surface area (TPSA) is 65.2 Å². The van der Waals surface area contributed by atoms with Crippen LogP contribution < -0.4 is 4.74 Å². The molecule has 5 nitrogen and oxygen atoms in total. The first-order valence-corrected chi connectivity index (χ1v) is 8.04. The van der Waals surface area contributed by atoms with Gasteiger partial charge in [-0.25, -0.2) is 0 Å². The summed E-state index contributed by atoms with van der Waals surface area (Å²) >= 11 is 0. The number of carbonyl (C=O) groups is 1. The molecule has 0 bridgehead atoms. The first-order valence-electron chi connectivity index (χ1n) is 8.04. The van der Waals surface area contributed by atoms with Gasteiger partial charge in [0.2, 0.25) is 5.82 Å². The van der Waals surface area contributed by atoms with E-state index in [0.717, 1.165) is 11.3 Å². The van der Waals surface area contributed by atoms with Gasteiger partial charge in [0.05, 0.1) is 7.11 Å². The Morgan fingerprint density at radius 3 is 2.30 bits per heavy atom. The molecule has 0 radical (unpaired) electrons. The number of Topliss-reactive ketones (excluding diaryl/α,β-unsaturated/α-hetero) is 1. The summed E-state index contributed by atoms with van der Waals surface area (Å²) in [5, 5.41) is 3.32. The molecule has 2 aromatic carbocycles. The Balaban J connectivity index is 1.63. The molecular formula is C19H15F3N2O3. The number of rotatable bonds is 6. The maximum atomic E-state index is 12.5. The highest BCUT2D eigenvalue weighted by molar-refractivity contribution is 5.96. The summed E-state index contributed by atoms with van der Waals surface area (Å²) in [4.78, 5) is 15.6. The van der Waals surface area contributed by atoms with E-state index in [4.69, 9.17) is 4.74 Å². The fourth-order valence-electron chi connectivity index (χ4n) is 2.46. The summed E-state index contributed by atoms with van der Waals surface area (Å²) in [6, 6.07) is 13.5. The van der Waals surface area contributed by atoms with Crippen LogP contribution in [0.15, 0.2) is 53.1 Å². The zero-order valence-electron chi connectivity index (χ0n) is 14.3. The largest absolute Gasteiger partial charge is 0.497 e. The summed E-state index contributed by atoms with van der Waals surface area (Å²) in [5.41, 5.74) is 1.81. The highest BCUT2D eigenvalue weighted by Gasteiger charge is 2.38. The van der Waals surface area contributed by atoms with Crippen LogP contribution in [-0.4, -0.2) is 23.0 Å². The SMILES string of the molecule is COc1ccc(CCC(=O)c2ccc(-c3noc(C(F)(F)F)n3)cc2)cc1. The number of hydrogen-bond acceptors (Lipinski definition) is 5. The zero-order chi connectivity index (χ0) is 19.4. The van der Waals surface area contributed by atoms with E-state index in [1.54, 1.807) is 7.11 Å². The predicted octanol–water partition coefficient (Wildman–Crippen LogP) is 4.58. The Morgan fingerprint density at radius 2 is 1.74 bits per heavy atom. The smallest absolute Gasteiger partial charge is 0.471 e. The molecule has 8 heteroatoms. The number of hydrogen-bond donors (Lipinski definition) is 0. The van der Waals surface area contributed by atoms with Crippen molar-refractivity contribution in [3.63, 3.8) is 0 Å². The molecule has 3 rings (SSSR count). The van der Waals surface area contributed by atoms with Crippen LogP contribution >= 0.6 is 0 Å². The molecule has 0 amide bonds. The van der Waals surface area contributed by atoms with Gasteiger partial charge in [-0.2, -0.15) is 18.2 Å². The highest BCUT2D eigenvalue weighted by atomic mass is 19.4. The van der Waals surface area contributed by atoms with E-state index in [1.807, 2.05) is 24.3 Å². The van der Waals surface area contributed by atoms with Gasteiger partial charge in [-0.15, -0.1) is 0 Å². The molecule has 0 aliphatic carbocycles. The summed E-state index contributed by atoms with van der Waals surface area (Å²) in [6.45, 7) is 0. The first kappa shape index (κ1) is 18.6. The maximum Gasteiger partial charge on any atom is 0.471 e. The van der Waals surface area contributed by atoms with Crippen LogP contribution in [0.2, 0.25) is 0 Å². The Bertz CT molecular complexity index is 917. The van der Waals surface area contributed by atoms with Crippen LogP contribution in [0.3, 0.4) is 0 Å². The quantitative estimate of drug-likeness (QED) is 0.589. The summed E-state index contributed by atoms with van der Waals surface area (Å²) in [5.74, 6) is -0.908. The second-order valence-corrected chi connectivity index (χ2v) is 5.77. The minimum absolute atomic E-state index is 0.0681. The molecule has 0 spiro atoms. The second kappa shape index (κ2) is 7.61. The molecule has 1 aromatic heterocycles. The lowest BCUT2D eigenvalue weighted by Gasteiger charge is -2.04. The van der Waals surface area contributed by atoms with E-state index in [0.29, 0.717) is 24.0 Å². The summed E-state index contributed by atoms with van der Waals surface area (Å²) < 4.78 is 46.8. The third-order valence-electron chi connectivity index (χ3n) is 3.93. The maximum absolute atomic E-state index is 12.5. The molecule has 0 saturated carbocycles. The molecule has 0 N–H and O–H groups in total. The van der Waals surface area contributed by atoms with Crippen molar-refractivity contribution in [3.8, 4) is 17.1 Å². The summed E-state index contributed by atoms with van der Waals surface area (Å²) in [7, 11) is 1.58. The molecule has 0 saturated heterocycles. The minimum atomic E-state index is -4.69. The number of carbonyl (C=O) groups excluding carboxylic acids is 1. The van der Waals surface area contributed by atoms with Crippen molar-refractivity contribution in [2.24, 2.45) is 0 Å². The average Bonchev–Trinajstić information content (AvgIpc) is 3.17. The van der Waals surface area contributed by atoms with Crippen LogP contribution in [0.5, 0.6) is 5.75 Å². The van der Waals surface area contributed by atoms with Crippen molar-refractivity contribution in [3.05, 3.63) is 65.5 Å². The molecular weight excluding hydrogens is 361 g/mol. The molecule has 1 heterocycles. The van der Waals surface area contributed by atoms with Crippen molar-refractivity contribution < 1.29 is 27.2 Å². The molecule has 0 fully saturated rings. The van der Waals surface area contributed by atoms with Crippen LogP contribution in [0.25, 0.3) is 11.4 Å². The van der Waals surface area contributed by atoms with Gasteiger partial charge in [0.15, 0.2) is 5.78 Å². The van der Waals surface area contributed by atoms with E-state index < -0.39 is 12.1 Å². The number of ketones is 1. The number of ether oxygens (including phenoxy) is 1. The van der Waals surface area contributed by atoms with Gasteiger partial charge >= 0.3 is 12.1 Å². The Morgan fingerprint density at radius 1 is 1.07 bits per heavy atom. The fraction of sp³-hybridized carbons (Fsp3) is 0.211. The van der Waals surface area contributed by atoms with Crippen LogP contribution in [-0.2, 0) is 12.6 Å². The van der Waals surface area contributed by atoms with Gasteiger partial charge in [-0.3, -0.25) is 4.79 Å². The first-order chi connectivity index (χ1) is 12.9. The van der Waals surface area contributed by atoms with Crippen molar-refractivity contribution in [1.82, 2.24) is 10.1 Å². The van der Waals surface area contributed by atoms with E-state index in [-0.39, 0.29) is 11.6 Å². The van der Waals surface area contributed by atoms with Gasteiger partial charge in [0.1, 0.15) is 5.75 Å². The Labute approximate surface area is 152 Å². The zero-order valence-corrected chi connectivity index (χ0v) is 14.3. The van der Waals surface area contributed by atoms with Crippen molar-refractivity contribution >= 4 is 5.78 Å². The second-order valence-electron chi connectivity index (χ2n) is 5.77. The highest BCUT2D eigenvalue weighted by Crippen LogP contribution is 2.29. The van der Waals surface area contributed by atoms with E-state index >= 15 is 0 Å². The lowest BCUT2D eigenvalue weighted by Crippen LogP contribution is -2.04. The molecule has 3 aromatic rings.